The molecule has 5 nitrogen and oxygen atoms in total. The molecule has 1 aromatic carbocycles. The highest BCUT2D eigenvalue weighted by atomic mass is 16.5. The number of hydrogen-bond acceptors (Lipinski definition) is 5. The van der Waals surface area contributed by atoms with E-state index in [9.17, 15) is 4.79 Å². The van der Waals surface area contributed by atoms with Crippen LogP contribution >= 0.6 is 0 Å². The molecule has 1 saturated carbocycles. The van der Waals surface area contributed by atoms with Crippen molar-refractivity contribution in [3.8, 4) is 11.5 Å². The molecule has 0 radical (unpaired) electrons. The van der Waals surface area contributed by atoms with Crippen LogP contribution in [0.15, 0.2) is 34.9 Å². The first-order chi connectivity index (χ1) is 10.3. The number of hydrogen-bond donors (Lipinski definition) is 0. The molecule has 1 aliphatic rings. The molecule has 3 rings (SSSR count). The van der Waals surface area contributed by atoms with Gasteiger partial charge in [-0.15, -0.1) is 0 Å². The number of rotatable bonds is 3. The van der Waals surface area contributed by atoms with Gasteiger partial charge in [0.2, 0.25) is 0 Å². The fourth-order valence-electron chi connectivity index (χ4n) is 2.85. The maximum atomic E-state index is 11.5. The Morgan fingerprint density at radius 2 is 1.90 bits per heavy atom. The second-order valence-electron chi connectivity index (χ2n) is 5.40. The zero-order valence-electron chi connectivity index (χ0n) is 12.0. The van der Waals surface area contributed by atoms with Crippen molar-refractivity contribution in [2.75, 3.05) is 7.11 Å². The third kappa shape index (κ3) is 2.96. The van der Waals surface area contributed by atoms with E-state index in [2.05, 4.69) is 10.1 Å². The first-order valence-electron chi connectivity index (χ1n) is 7.25. The number of methoxy groups -OCH3 is 1. The molecule has 0 bridgehead atoms. The predicted molar refractivity (Wildman–Crippen MR) is 76.4 cm³/mol. The smallest absolute Gasteiger partial charge is 0.308 e. The minimum atomic E-state index is -0.105. The Balaban J connectivity index is 1.67. The zero-order chi connectivity index (χ0) is 14.7. The number of carbonyl (C=O) groups is 1. The third-order valence-electron chi connectivity index (χ3n) is 4.09. The van der Waals surface area contributed by atoms with E-state index in [-0.39, 0.29) is 17.8 Å². The Morgan fingerprint density at radius 1 is 1.19 bits per heavy atom. The monoisotopic (exact) mass is 286 g/mol. The van der Waals surface area contributed by atoms with E-state index in [4.69, 9.17) is 9.26 Å². The highest BCUT2D eigenvalue weighted by Crippen LogP contribution is 2.35. The quantitative estimate of drug-likeness (QED) is 0.811. The fraction of sp³-hybridized carbons (Fsp3) is 0.438. The summed E-state index contributed by atoms with van der Waals surface area (Å²) in [7, 11) is 1.44. The van der Waals surface area contributed by atoms with E-state index < -0.39 is 0 Å². The van der Waals surface area contributed by atoms with Crippen LogP contribution in [0.25, 0.3) is 11.5 Å². The average molecular weight is 286 g/mol. The predicted octanol–water partition coefficient (Wildman–Crippen LogP) is 3.18. The van der Waals surface area contributed by atoms with Crippen molar-refractivity contribution < 1.29 is 14.1 Å². The highest BCUT2D eigenvalue weighted by Gasteiger charge is 2.30. The molecule has 2 aromatic rings. The Morgan fingerprint density at radius 3 is 2.57 bits per heavy atom. The van der Waals surface area contributed by atoms with Crippen LogP contribution in [0.2, 0.25) is 0 Å². The Bertz CT molecular complexity index is 601. The van der Waals surface area contributed by atoms with E-state index >= 15 is 0 Å². The van der Waals surface area contributed by atoms with Gasteiger partial charge in [-0.1, -0.05) is 23.4 Å². The zero-order valence-corrected chi connectivity index (χ0v) is 12.0. The maximum Gasteiger partial charge on any atom is 0.308 e. The summed E-state index contributed by atoms with van der Waals surface area (Å²) in [6.07, 6.45) is 3.44. The normalized spacial score (nSPS) is 22.0. The maximum absolute atomic E-state index is 11.5. The summed E-state index contributed by atoms with van der Waals surface area (Å²) in [6.45, 7) is 0. The molecule has 5 heteroatoms. The molecule has 1 fully saturated rings. The summed E-state index contributed by atoms with van der Waals surface area (Å²) < 4.78 is 10.2. The average Bonchev–Trinajstić information content (AvgIpc) is 3.05. The van der Waals surface area contributed by atoms with Gasteiger partial charge in [-0.2, -0.15) is 4.98 Å². The van der Waals surface area contributed by atoms with Crippen molar-refractivity contribution in [1.29, 1.82) is 0 Å². The number of benzene rings is 1. The minimum Gasteiger partial charge on any atom is -0.469 e. The number of nitrogens with zero attached hydrogens (tertiary/aromatic N) is 2. The van der Waals surface area contributed by atoms with Crippen LogP contribution in [-0.4, -0.2) is 23.2 Å². The lowest BCUT2D eigenvalue weighted by atomic mass is 9.82. The van der Waals surface area contributed by atoms with Gasteiger partial charge in [-0.25, -0.2) is 0 Å². The summed E-state index contributed by atoms with van der Waals surface area (Å²) in [5.74, 6) is 1.49. The van der Waals surface area contributed by atoms with E-state index in [1.807, 2.05) is 30.3 Å². The Kier molecular flexibility index (Phi) is 3.99. The molecule has 21 heavy (non-hydrogen) atoms. The third-order valence-corrected chi connectivity index (χ3v) is 4.09. The number of carbonyl (C=O) groups excluding carboxylic acids is 1. The largest absolute Gasteiger partial charge is 0.469 e. The van der Waals surface area contributed by atoms with Gasteiger partial charge in [-0.3, -0.25) is 4.79 Å². The molecule has 110 valence electrons. The molecule has 1 aromatic heterocycles. The second kappa shape index (κ2) is 6.08. The minimum absolute atomic E-state index is 0.0201. The van der Waals surface area contributed by atoms with Crippen LogP contribution in [-0.2, 0) is 9.53 Å². The van der Waals surface area contributed by atoms with Gasteiger partial charge in [0.25, 0.3) is 5.89 Å². The van der Waals surface area contributed by atoms with Gasteiger partial charge in [0.05, 0.1) is 13.0 Å². The molecule has 0 saturated heterocycles. The summed E-state index contributed by atoms with van der Waals surface area (Å²) in [6, 6.07) is 9.74. The number of aromatic nitrogens is 2. The highest BCUT2D eigenvalue weighted by molar-refractivity contribution is 5.72. The number of esters is 1. The van der Waals surface area contributed by atoms with Gasteiger partial charge >= 0.3 is 5.97 Å². The van der Waals surface area contributed by atoms with Crippen LogP contribution in [0.4, 0.5) is 0 Å². The second-order valence-corrected chi connectivity index (χ2v) is 5.40. The SMILES string of the molecule is COC(=O)[C@H]1CC[C@H](c2noc(-c3ccccc3)n2)CC1. The molecule has 0 amide bonds. The van der Waals surface area contributed by atoms with Gasteiger partial charge in [0.15, 0.2) is 5.82 Å². The summed E-state index contributed by atoms with van der Waals surface area (Å²) in [5, 5.41) is 4.10. The van der Waals surface area contributed by atoms with Crippen molar-refractivity contribution in [3.63, 3.8) is 0 Å². The van der Waals surface area contributed by atoms with E-state index in [1.54, 1.807) is 0 Å². The van der Waals surface area contributed by atoms with Gasteiger partial charge in [-0.05, 0) is 37.8 Å². The first kappa shape index (κ1) is 13.8. The molecule has 0 aliphatic heterocycles. The van der Waals surface area contributed by atoms with Crippen molar-refractivity contribution in [1.82, 2.24) is 10.1 Å². The molecule has 0 N–H and O–H groups in total. The van der Waals surface area contributed by atoms with Crippen LogP contribution in [0.5, 0.6) is 0 Å². The van der Waals surface area contributed by atoms with Crippen molar-refractivity contribution >= 4 is 5.97 Å². The number of ether oxygens (including phenoxy) is 1. The molecule has 1 heterocycles. The van der Waals surface area contributed by atoms with Gasteiger partial charge in [0, 0.05) is 11.5 Å². The first-order valence-corrected chi connectivity index (χ1v) is 7.25. The van der Waals surface area contributed by atoms with Crippen molar-refractivity contribution in [2.24, 2.45) is 5.92 Å². The molecule has 1 aliphatic carbocycles. The van der Waals surface area contributed by atoms with Crippen molar-refractivity contribution in [2.45, 2.75) is 31.6 Å². The van der Waals surface area contributed by atoms with Gasteiger partial charge in [0.1, 0.15) is 0 Å². The molecule has 0 unspecified atom stereocenters. The summed E-state index contributed by atoms with van der Waals surface area (Å²) >= 11 is 0. The lowest BCUT2D eigenvalue weighted by molar-refractivity contribution is -0.146. The van der Waals surface area contributed by atoms with Gasteiger partial charge < -0.3 is 9.26 Å². The van der Waals surface area contributed by atoms with E-state index in [1.165, 1.54) is 7.11 Å². The van der Waals surface area contributed by atoms with Crippen LogP contribution in [0, 0.1) is 5.92 Å². The molecular weight excluding hydrogens is 268 g/mol. The summed E-state index contributed by atoms with van der Waals surface area (Å²) in [4.78, 5) is 16.0. The lowest BCUT2D eigenvalue weighted by Gasteiger charge is -2.24. The van der Waals surface area contributed by atoms with Crippen LogP contribution in [0.1, 0.15) is 37.4 Å². The van der Waals surface area contributed by atoms with E-state index in [0.29, 0.717) is 5.89 Å². The standard InChI is InChI=1S/C16H18N2O3/c1-20-16(19)13-9-7-11(8-10-13)14-17-15(21-18-14)12-5-3-2-4-6-12/h2-6,11,13H,7-10H2,1H3/t11-,13-. The molecular formula is C16H18N2O3. The molecule has 0 atom stereocenters. The van der Waals surface area contributed by atoms with Crippen molar-refractivity contribution in [3.05, 3.63) is 36.2 Å². The Hall–Kier alpha value is -2.17. The summed E-state index contributed by atoms with van der Waals surface area (Å²) in [5.41, 5.74) is 0.930. The van der Waals surface area contributed by atoms with Crippen LogP contribution in [0.3, 0.4) is 0 Å². The van der Waals surface area contributed by atoms with E-state index in [0.717, 1.165) is 37.1 Å². The fourth-order valence-corrected chi connectivity index (χ4v) is 2.85. The Labute approximate surface area is 123 Å². The molecule has 0 spiro atoms. The lowest BCUT2D eigenvalue weighted by Crippen LogP contribution is -2.22. The topological polar surface area (TPSA) is 65.2 Å². The van der Waals surface area contributed by atoms with Crippen LogP contribution < -0.4 is 0 Å².